The minimum Gasteiger partial charge on any atom is -0.394 e. The molecule has 0 aliphatic rings. The van der Waals surface area contributed by atoms with Crippen molar-refractivity contribution in [3.8, 4) is 0 Å². The van der Waals surface area contributed by atoms with Gasteiger partial charge >= 0.3 is 0 Å². The summed E-state index contributed by atoms with van der Waals surface area (Å²) in [5, 5.41) is 3.31. The Morgan fingerprint density at radius 1 is 0.900 bits per heavy atom. The summed E-state index contributed by atoms with van der Waals surface area (Å²) in [6, 6.07) is 12.3. The molecule has 2 aromatic carbocycles. The van der Waals surface area contributed by atoms with Crippen LogP contribution in [-0.4, -0.2) is 0 Å². The van der Waals surface area contributed by atoms with E-state index >= 15 is 0 Å². The van der Waals surface area contributed by atoms with Crippen LogP contribution < -0.4 is 11.1 Å². The topological polar surface area (TPSA) is 38.0 Å². The fraction of sp³-hybridized carbons (Fsp3) is 0.250. The lowest BCUT2D eigenvalue weighted by molar-refractivity contribution is 0.488. The van der Waals surface area contributed by atoms with Gasteiger partial charge in [0, 0.05) is 12.1 Å². The smallest absolute Gasteiger partial charge is 0.149 e. The second-order valence-corrected chi connectivity index (χ2v) is 4.92. The van der Waals surface area contributed by atoms with Crippen LogP contribution in [0.2, 0.25) is 0 Å². The largest absolute Gasteiger partial charge is 0.394 e. The van der Waals surface area contributed by atoms with Crippen LogP contribution in [0, 0.1) is 11.6 Å². The molecule has 2 nitrogen and oxygen atoms in total. The Balaban J connectivity index is 2.14. The van der Waals surface area contributed by atoms with Crippen molar-refractivity contribution in [1.82, 2.24) is 5.32 Å². The molecule has 0 radical (unpaired) electrons. The first-order chi connectivity index (χ1) is 9.49. The third-order valence-corrected chi connectivity index (χ3v) is 3.40. The summed E-state index contributed by atoms with van der Waals surface area (Å²) in [4.78, 5) is 0. The predicted molar refractivity (Wildman–Crippen MR) is 77.2 cm³/mol. The van der Waals surface area contributed by atoms with E-state index < -0.39 is 17.3 Å². The lowest BCUT2D eigenvalue weighted by Gasteiger charge is -2.21. The Morgan fingerprint density at radius 2 is 1.40 bits per heavy atom. The van der Waals surface area contributed by atoms with Crippen molar-refractivity contribution in [2.45, 2.75) is 25.9 Å². The van der Waals surface area contributed by atoms with Gasteiger partial charge in [0.1, 0.15) is 17.3 Å². The van der Waals surface area contributed by atoms with Crippen molar-refractivity contribution in [2.24, 2.45) is 0 Å². The van der Waals surface area contributed by atoms with Gasteiger partial charge < -0.3 is 11.1 Å². The van der Waals surface area contributed by atoms with E-state index in [-0.39, 0.29) is 12.1 Å². The zero-order chi connectivity index (χ0) is 14.7. The van der Waals surface area contributed by atoms with E-state index in [9.17, 15) is 8.78 Å². The Bertz CT molecular complexity index is 561. The van der Waals surface area contributed by atoms with Crippen LogP contribution in [-0.2, 0) is 0 Å². The van der Waals surface area contributed by atoms with Crippen LogP contribution in [0.3, 0.4) is 0 Å². The molecule has 3 N–H and O–H groups in total. The number of benzene rings is 2. The van der Waals surface area contributed by atoms with E-state index in [0.717, 1.165) is 5.56 Å². The number of hydrogen-bond donors (Lipinski definition) is 2. The van der Waals surface area contributed by atoms with Gasteiger partial charge in [0.2, 0.25) is 0 Å². The number of anilines is 1. The number of halogens is 2. The fourth-order valence-corrected chi connectivity index (χ4v) is 2.16. The van der Waals surface area contributed by atoms with Gasteiger partial charge in [-0.05, 0) is 37.1 Å². The summed E-state index contributed by atoms with van der Waals surface area (Å²) < 4.78 is 26.9. The van der Waals surface area contributed by atoms with E-state index in [0.29, 0.717) is 5.56 Å². The first-order valence-corrected chi connectivity index (χ1v) is 6.54. The van der Waals surface area contributed by atoms with Crippen molar-refractivity contribution >= 4 is 5.69 Å². The Morgan fingerprint density at radius 3 is 1.95 bits per heavy atom. The zero-order valence-corrected chi connectivity index (χ0v) is 11.5. The molecular weight excluding hydrogens is 258 g/mol. The van der Waals surface area contributed by atoms with Crippen molar-refractivity contribution in [1.29, 1.82) is 0 Å². The van der Waals surface area contributed by atoms with Gasteiger partial charge in [-0.1, -0.05) is 30.3 Å². The monoisotopic (exact) mass is 276 g/mol. The molecule has 2 aromatic rings. The first-order valence-electron chi connectivity index (χ1n) is 6.54. The molecule has 0 unspecified atom stereocenters. The van der Waals surface area contributed by atoms with Gasteiger partial charge in [0.05, 0.1) is 0 Å². The third-order valence-electron chi connectivity index (χ3n) is 3.40. The highest BCUT2D eigenvalue weighted by molar-refractivity contribution is 5.43. The SMILES string of the molecule is C[C@@H](N[C@H](C)c1cc(F)c(N)c(F)c1)c1ccccc1. The van der Waals surface area contributed by atoms with Crippen LogP contribution in [0.5, 0.6) is 0 Å². The average molecular weight is 276 g/mol. The number of hydrogen-bond acceptors (Lipinski definition) is 2. The van der Waals surface area contributed by atoms with E-state index in [4.69, 9.17) is 5.73 Å². The predicted octanol–water partition coefficient (Wildman–Crippen LogP) is 3.96. The maximum Gasteiger partial charge on any atom is 0.149 e. The summed E-state index contributed by atoms with van der Waals surface area (Å²) in [6.07, 6.45) is 0. The molecule has 4 heteroatoms. The van der Waals surface area contributed by atoms with Crippen molar-refractivity contribution < 1.29 is 8.78 Å². The van der Waals surface area contributed by atoms with Crippen molar-refractivity contribution in [3.63, 3.8) is 0 Å². The normalized spacial score (nSPS) is 14.0. The van der Waals surface area contributed by atoms with E-state index in [1.54, 1.807) is 0 Å². The van der Waals surface area contributed by atoms with Crippen LogP contribution in [0.1, 0.15) is 37.1 Å². The van der Waals surface area contributed by atoms with Crippen LogP contribution in [0.25, 0.3) is 0 Å². The molecule has 2 atom stereocenters. The lowest BCUT2D eigenvalue weighted by atomic mass is 10.0. The molecule has 0 amide bonds. The molecule has 0 aliphatic heterocycles. The molecule has 0 saturated heterocycles. The highest BCUT2D eigenvalue weighted by Gasteiger charge is 2.15. The summed E-state index contributed by atoms with van der Waals surface area (Å²) in [6.45, 7) is 3.87. The molecule has 0 aliphatic carbocycles. The fourth-order valence-electron chi connectivity index (χ4n) is 2.16. The number of rotatable bonds is 4. The Kier molecular flexibility index (Phi) is 4.35. The van der Waals surface area contributed by atoms with Gasteiger partial charge in [0.25, 0.3) is 0 Å². The second-order valence-electron chi connectivity index (χ2n) is 4.92. The summed E-state index contributed by atoms with van der Waals surface area (Å²) in [5.74, 6) is -1.44. The molecule has 0 fully saturated rings. The number of nitrogens with two attached hydrogens (primary N) is 1. The van der Waals surface area contributed by atoms with E-state index in [2.05, 4.69) is 5.32 Å². The van der Waals surface area contributed by atoms with Gasteiger partial charge in [-0.15, -0.1) is 0 Å². The molecule has 0 heterocycles. The first kappa shape index (κ1) is 14.5. The molecule has 2 rings (SSSR count). The molecule has 106 valence electrons. The zero-order valence-electron chi connectivity index (χ0n) is 11.5. The second kappa shape index (κ2) is 6.01. The minimum atomic E-state index is -0.721. The highest BCUT2D eigenvalue weighted by atomic mass is 19.1. The number of nitrogens with one attached hydrogen (secondary N) is 1. The highest BCUT2D eigenvalue weighted by Crippen LogP contribution is 2.24. The van der Waals surface area contributed by atoms with E-state index in [1.165, 1.54) is 12.1 Å². The van der Waals surface area contributed by atoms with Gasteiger partial charge in [0.15, 0.2) is 0 Å². The Hall–Kier alpha value is -1.94. The van der Waals surface area contributed by atoms with Gasteiger partial charge in [-0.2, -0.15) is 0 Å². The molecule has 20 heavy (non-hydrogen) atoms. The van der Waals surface area contributed by atoms with Crippen LogP contribution in [0.15, 0.2) is 42.5 Å². The van der Waals surface area contributed by atoms with Crippen molar-refractivity contribution in [2.75, 3.05) is 5.73 Å². The van der Waals surface area contributed by atoms with E-state index in [1.807, 2.05) is 44.2 Å². The van der Waals surface area contributed by atoms with Gasteiger partial charge in [-0.3, -0.25) is 0 Å². The lowest BCUT2D eigenvalue weighted by Crippen LogP contribution is -2.22. The van der Waals surface area contributed by atoms with Gasteiger partial charge in [-0.25, -0.2) is 8.78 Å². The molecule has 0 spiro atoms. The molecule has 0 aromatic heterocycles. The summed E-state index contributed by atoms with van der Waals surface area (Å²) >= 11 is 0. The Labute approximate surface area is 117 Å². The molecule has 0 saturated carbocycles. The maximum atomic E-state index is 13.5. The maximum absolute atomic E-state index is 13.5. The van der Waals surface area contributed by atoms with Crippen LogP contribution >= 0.6 is 0 Å². The third kappa shape index (κ3) is 3.14. The number of nitrogen functional groups attached to an aromatic ring is 1. The summed E-state index contributed by atoms with van der Waals surface area (Å²) in [7, 11) is 0. The molecular formula is C16H18F2N2. The molecule has 0 bridgehead atoms. The standard InChI is InChI=1S/C16H18F2N2/c1-10(12-6-4-3-5-7-12)20-11(2)13-8-14(17)16(19)15(18)9-13/h3-11,20H,19H2,1-2H3/t10-,11-/m1/s1. The van der Waals surface area contributed by atoms with Crippen LogP contribution in [0.4, 0.5) is 14.5 Å². The average Bonchev–Trinajstić information content (AvgIpc) is 2.45. The summed E-state index contributed by atoms with van der Waals surface area (Å²) in [5.41, 5.74) is 6.50. The van der Waals surface area contributed by atoms with Crippen molar-refractivity contribution in [3.05, 3.63) is 65.2 Å². The quantitative estimate of drug-likeness (QED) is 0.829. The minimum absolute atomic E-state index is 0.0786.